The Hall–Kier alpha value is -1.02. The molecule has 0 aliphatic carbocycles. The molecule has 1 fully saturated rings. The van der Waals surface area contributed by atoms with Gasteiger partial charge in [0, 0.05) is 5.02 Å². The number of nitrogens with one attached hydrogen (secondary N) is 1. The third kappa shape index (κ3) is 3.17. The molecule has 1 saturated heterocycles. The average molecular weight is 340 g/mol. The molecule has 1 aliphatic rings. The molecule has 110 valence electrons. The van der Waals surface area contributed by atoms with Gasteiger partial charge in [0.15, 0.2) is 10.6 Å². The predicted molar refractivity (Wildman–Crippen MR) is 72.4 cm³/mol. The van der Waals surface area contributed by atoms with Gasteiger partial charge in [0.2, 0.25) is 0 Å². The van der Waals surface area contributed by atoms with Crippen molar-refractivity contribution in [3.05, 3.63) is 22.2 Å². The standard InChI is InChI=1S/C11H11Cl2NO5S/c12-6-4-7(13)10(15)9(5-6)20(17,18)19-11(16)8-2-1-3-14-8/h4-5,8,14-15H,1-3H2/t8-/m0/s1. The number of carbonyl (C=O) groups is 1. The predicted octanol–water partition coefficient (Wildman–Crippen LogP) is 1.68. The highest BCUT2D eigenvalue weighted by molar-refractivity contribution is 7.87. The van der Waals surface area contributed by atoms with E-state index in [2.05, 4.69) is 9.50 Å². The highest BCUT2D eigenvalue weighted by atomic mass is 35.5. The minimum Gasteiger partial charge on any atom is -0.505 e. The van der Waals surface area contributed by atoms with Crippen LogP contribution >= 0.6 is 23.2 Å². The molecule has 1 aromatic carbocycles. The van der Waals surface area contributed by atoms with Crippen LogP contribution in [0, 0.1) is 0 Å². The van der Waals surface area contributed by atoms with Gasteiger partial charge in [-0.05, 0) is 31.5 Å². The summed E-state index contributed by atoms with van der Waals surface area (Å²) in [6, 6.07) is 1.48. The third-order valence-corrected chi connectivity index (χ3v) is 4.54. The van der Waals surface area contributed by atoms with Crippen LogP contribution in [0.25, 0.3) is 0 Å². The quantitative estimate of drug-likeness (QED) is 0.814. The van der Waals surface area contributed by atoms with E-state index in [0.29, 0.717) is 13.0 Å². The molecular weight excluding hydrogens is 329 g/mol. The summed E-state index contributed by atoms with van der Waals surface area (Å²) in [5.74, 6) is -1.62. The minimum absolute atomic E-state index is 0.00131. The lowest BCUT2D eigenvalue weighted by atomic mass is 10.2. The van der Waals surface area contributed by atoms with Crippen LogP contribution in [0.3, 0.4) is 0 Å². The van der Waals surface area contributed by atoms with Crippen molar-refractivity contribution >= 4 is 39.3 Å². The number of phenols is 1. The Kier molecular flexibility index (Phi) is 4.43. The van der Waals surface area contributed by atoms with Crippen molar-refractivity contribution in [2.45, 2.75) is 23.8 Å². The Bertz CT molecular complexity index is 640. The monoisotopic (exact) mass is 339 g/mol. The van der Waals surface area contributed by atoms with Gasteiger partial charge in [-0.15, -0.1) is 0 Å². The van der Waals surface area contributed by atoms with Crippen molar-refractivity contribution in [3.8, 4) is 5.75 Å². The third-order valence-electron chi connectivity index (χ3n) is 2.80. The normalized spacial score (nSPS) is 19.0. The number of carbonyl (C=O) groups excluding carboxylic acids is 1. The Balaban J connectivity index is 2.28. The van der Waals surface area contributed by atoms with Crippen LogP contribution in [0.5, 0.6) is 5.75 Å². The maximum absolute atomic E-state index is 12.0. The van der Waals surface area contributed by atoms with Crippen molar-refractivity contribution in [2.24, 2.45) is 0 Å². The van der Waals surface area contributed by atoms with Gasteiger partial charge >= 0.3 is 16.1 Å². The zero-order valence-corrected chi connectivity index (χ0v) is 12.4. The van der Waals surface area contributed by atoms with Crippen molar-refractivity contribution in [1.82, 2.24) is 5.32 Å². The maximum Gasteiger partial charge on any atom is 0.345 e. The molecule has 9 heteroatoms. The topological polar surface area (TPSA) is 92.7 Å². The minimum atomic E-state index is -4.48. The molecular formula is C11H11Cl2NO5S. The number of hydrogen-bond donors (Lipinski definition) is 2. The van der Waals surface area contributed by atoms with Crippen LogP contribution in [0.4, 0.5) is 0 Å². The fourth-order valence-electron chi connectivity index (χ4n) is 1.83. The molecule has 1 heterocycles. The summed E-state index contributed by atoms with van der Waals surface area (Å²) >= 11 is 11.3. The molecule has 1 aromatic rings. The summed E-state index contributed by atoms with van der Waals surface area (Å²) in [5.41, 5.74) is 0. The molecule has 0 unspecified atom stereocenters. The Morgan fingerprint density at radius 2 is 2.10 bits per heavy atom. The molecule has 1 aliphatic heterocycles. The lowest BCUT2D eigenvalue weighted by molar-refractivity contribution is -0.135. The van der Waals surface area contributed by atoms with E-state index in [4.69, 9.17) is 23.2 Å². The van der Waals surface area contributed by atoms with E-state index in [1.54, 1.807) is 0 Å². The largest absolute Gasteiger partial charge is 0.505 e. The summed E-state index contributed by atoms with van der Waals surface area (Å²) in [4.78, 5) is 11.1. The van der Waals surface area contributed by atoms with Crippen molar-refractivity contribution in [3.63, 3.8) is 0 Å². The summed E-state index contributed by atoms with van der Waals surface area (Å²) in [7, 11) is -4.48. The Morgan fingerprint density at radius 1 is 1.40 bits per heavy atom. The second-order valence-electron chi connectivity index (χ2n) is 4.24. The Labute approximate surface area is 125 Å². The smallest absolute Gasteiger partial charge is 0.345 e. The van der Waals surface area contributed by atoms with Crippen LogP contribution in [-0.2, 0) is 19.1 Å². The van der Waals surface area contributed by atoms with Gasteiger partial charge in [-0.1, -0.05) is 23.2 Å². The lowest BCUT2D eigenvalue weighted by Gasteiger charge is -2.11. The molecule has 0 radical (unpaired) electrons. The van der Waals surface area contributed by atoms with Crippen LogP contribution in [0.1, 0.15) is 12.8 Å². The SMILES string of the molecule is O=C(OS(=O)(=O)c1cc(Cl)cc(Cl)c1O)[C@@H]1CCCN1. The number of benzene rings is 1. The van der Waals surface area contributed by atoms with Crippen molar-refractivity contribution in [2.75, 3.05) is 6.54 Å². The maximum atomic E-state index is 12.0. The first kappa shape index (κ1) is 15.4. The molecule has 2 rings (SSSR count). The molecule has 20 heavy (non-hydrogen) atoms. The molecule has 6 nitrogen and oxygen atoms in total. The van der Waals surface area contributed by atoms with Gasteiger partial charge in [-0.25, -0.2) is 4.79 Å². The zero-order chi connectivity index (χ0) is 14.9. The van der Waals surface area contributed by atoms with Crippen LogP contribution < -0.4 is 5.32 Å². The number of phenolic OH excluding ortho intramolecular Hbond substituents is 1. The molecule has 1 atom stereocenters. The van der Waals surface area contributed by atoms with Crippen LogP contribution in [0.15, 0.2) is 17.0 Å². The lowest BCUT2D eigenvalue weighted by Crippen LogP contribution is -2.33. The molecule has 0 amide bonds. The van der Waals surface area contributed by atoms with E-state index < -0.39 is 32.8 Å². The first-order valence-corrected chi connectivity index (χ1v) is 7.87. The van der Waals surface area contributed by atoms with E-state index in [1.165, 1.54) is 6.07 Å². The van der Waals surface area contributed by atoms with Gasteiger partial charge in [-0.3, -0.25) is 0 Å². The first-order chi connectivity index (χ1) is 9.31. The highest BCUT2D eigenvalue weighted by Gasteiger charge is 2.31. The van der Waals surface area contributed by atoms with E-state index >= 15 is 0 Å². The summed E-state index contributed by atoms with van der Waals surface area (Å²) in [5, 5.41) is 12.2. The summed E-state index contributed by atoms with van der Waals surface area (Å²) < 4.78 is 28.4. The van der Waals surface area contributed by atoms with E-state index in [1.807, 2.05) is 0 Å². The fraction of sp³-hybridized carbons (Fsp3) is 0.364. The number of halogens is 2. The molecule has 0 aromatic heterocycles. The summed E-state index contributed by atoms with van der Waals surface area (Å²) in [6.07, 6.45) is 1.25. The number of rotatable bonds is 3. The van der Waals surface area contributed by atoms with Crippen LogP contribution in [-0.4, -0.2) is 32.1 Å². The fourth-order valence-corrected chi connectivity index (χ4v) is 3.48. The van der Waals surface area contributed by atoms with Gasteiger partial charge < -0.3 is 14.6 Å². The number of aromatic hydroxyl groups is 1. The average Bonchev–Trinajstić information content (AvgIpc) is 2.86. The van der Waals surface area contributed by atoms with E-state index in [-0.39, 0.29) is 10.0 Å². The molecule has 0 spiro atoms. The van der Waals surface area contributed by atoms with E-state index in [9.17, 15) is 18.3 Å². The van der Waals surface area contributed by atoms with Crippen molar-refractivity contribution < 1.29 is 22.5 Å². The van der Waals surface area contributed by atoms with Crippen molar-refractivity contribution in [1.29, 1.82) is 0 Å². The molecule has 2 N–H and O–H groups in total. The Morgan fingerprint density at radius 3 is 2.70 bits per heavy atom. The first-order valence-electron chi connectivity index (χ1n) is 5.71. The van der Waals surface area contributed by atoms with Gasteiger partial charge in [0.05, 0.1) is 5.02 Å². The van der Waals surface area contributed by atoms with Gasteiger partial charge in [0.25, 0.3) is 0 Å². The summed E-state index contributed by atoms with van der Waals surface area (Å²) in [6.45, 7) is 0.619. The number of hydrogen-bond acceptors (Lipinski definition) is 6. The molecule has 0 saturated carbocycles. The second-order valence-corrected chi connectivity index (χ2v) is 6.60. The zero-order valence-electron chi connectivity index (χ0n) is 10.1. The van der Waals surface area contributed by atoms with E-state index in [0.717, 1.165) is 12.5 Å². The van der Waals surface area contributed by atoms with Crippen LogP contribution in [0.2, 0.25) is 10.0 Å². The highest BCUT2D eigenvalue weighted by Crippen LogP contribution is 2.35. The van der Waals surface area contributed by atoms with Gasteiger partial charge in [0.1, 0.15) is 6.04 Å². The van der Waals surface area contributed by atoms with Gasteiger partial charge in [-0.2, -0.15) is 8.42 Å². The second kappa shape index (κ2) is 5.77. The molecule has 0 bridgehead atoms.